The average molecular weight is 216 g/mol. The van der Waals surface area contributed by atoms with Crippen LogP contribution in [0, 0.1) is 0 Å². The summed E-state index contributed by atoms with van der Waals surface area (Å²) in [6, 6.07) is 0. The standard InChI is InChI=1S/C4H4O4.C3H4O2.C2H4/c5-3(6)1-2-4(7)8;1-2-3(4)5;1-2/h1-2H,(H,5,6)(H,7,8);2H,1H2,(H,4,5);1-2H2. The Bertz CT molecular complexity index is 237. The van der Waals surface area contributed by atoms with Crippen molar-refractivity contribution < 1.29 is 29.7 Å². The van der Waals surface area contributed by atoms with Crippen LogP contribution < -0.4 is 0 Å². The summed E-state index contributed by atoms with van der Waals surface area (Å²) in [4.78, 5) is 28.4. The first kappa shape index (κ1) is 18.4. The molecule has 0 aromatic carbocycles. The maximum atomic E-state index is 9.55. The second-order valence-electron chi connectivity index (χ2n) is 1.55. The molecule has 0 aromatic heterocycles. The molecule has 0 radical (unpaired) electrons. The van der Waals surface area contributed by atoms with E-state index in [0.29, 0.717) is 12.2 Å². The molecule has 0 spiro atoms. The Morgan fingerprint density at radius 1 is 0.800 bits per heavy atom. The quantitative estimate of drug-likeness (QED) is 0.474. The first-order valence-electron chi connectivity index (χ1n) is 3.39. The highest BCUT2D eigenvalue weighted by Gasteiger charge is 1.88. The maximum absolute atomic E-state index is 9.55. The topological polar surface area (TPSA) is 112 Å². The van der Waals surface area contributed by atoms with E-state index < -0.39 is 17.9 Å². The van der Waals surface area contributed by atoms with Crippen molar-refractivity contribution >= 4 is 17.9 Å². The third-order valence-corrected chi connectivity index (χ3v) is 0.543. The first-order chi connectivity index (χ1) is 6.90. The number of carboxylic acids is 3. The molecule has 84 valence electrons. The summed E-state index contributed by atoms with van der Waals surface area (Å²) in [6.45, 7) is 8.96. The molecule has 0 bridgehead atoms. The minimum Gasteiger partial charge on any atom is -0.478 e. The fourth-order valence-corrected chi connectivity index (χ4v) is 0.143. The number of hydrogen-bond donors (Lipinski definition) is 3. The molecule has 6 heteroatoms. The zero-order valence-electron chi connectivity index (χ0n) is 7.92. The lowest BCUT2D eigenvalue weighted by atomic mass is 10.5. The lowest BCUT2D eigenvalue weighted by Gasteiger charge is -1.74. The van der Waals surface area contributed by atoms with Gasteiger partial charge in [0.25, 0.3) is 0 Å². The Balaban J connectivity index is -0.000000177. The summed E-state index contributed by atoms with van der Waals surface area (Å²) in [5.41, 5.74) is 0. The van der Waals surface area contributed by atoms with Crippen molar-refractivity contribution in [2.75, 3.05) is 0 Å². The van der Waals surface area contributed by atoms with Crippen LogP contribution in [0.25, 0.3) is 0 Å². The molecule has 6 nitrogen and oxygen atoms in total. The van der Waals surface area contributed by atoms with Gasteiger partial charge in [0.1, 0.15) is 0 Å². The third kappa shape index (κ3) is 50.3. The van der Waals surface area contributed by atoms with E-state index >= 15 is 0 Å². The van der Waals surface area contributed by atoms with E-state index in [1.807, 2.05) is 0 Å². The Morgan fingerprint density at radius 3 is 1.07 bits per heavy atom. The highest BCUT2D eigenvalue weighted by atomic mass is 16.4. The molecule has 0 amide bonds. The van der Waals surface area contributed by atoms with Gasteiger partial charge in [0.2, 0.25) is 0 Å². The number of carboxylic acid groups (broad SMARTS) is 3. The molecule has 15 heavy (non-hydrogen) atoms. The third-order valence-electron chi connectivity index (χ3n) is 0.543. The van der Waals surface area contributed by atoms with Crippen molar-refractivity contribution in [3.05, 3.63) is 38.0 Å². The normalized spacial score (nSPS) is 7.47. The van der Waals surface area contributed by atoms with Crippen molar-refractivity contribution in [2.45, 2.75) is 0 Å². The fourth-order valence-electron chi connectivity index (χ4n) is 0.143. The molecule has 0 unspecified atom stereocenters. The van der Waals surface area contributed by atoms with Crippen LogP contribution in [-0.2, 0) is 14.4 Å². The largest absolute Gasteiger partial charge is 0.478 e. The second-order valence-corrected chi connectivity index (χ2v) is 1.55. The molecule has 0 aliphatic rings. The van der Waals surface area contributed by atoms with E-state index in [0.717, 1.165) is 6.08 Å². The molecular weight excluding hydrogens is 204 g/mol. The van der Waals surface area contributed by atoms with Crippen LogP contribution in [-0.4, -0.2) is 33.2 Å². The zero-order valence-corrected chi connectivity index (χ0v) is 7.92. The highest BCUT2D eigenvalue weighted by Crippen LogP contribution is 1.70. The summed E-state index contributed by atoms with van der Waals surface area (Å²) in [5.74, 6) is -3.50. The summed E-state index contributed by atoms with van der Waals surface area (Å²) < 4.78 is 0. The lowest BCUT2D eigenvalue weighted by molar-refractivity contribution is -0.134. The summed E-state index contributed by atoms with van der Waals surface area (Å²) in [6.07, 6.45) is 1.95. The van der Waals surface area contributed by atoms with Gasteiger partial charge >= 0.3 is 17.9 Å². The van der Waals surface area contributed by atoms with Crippen LogP contribution >= 0.6 is 0 Å². The van der Waals surface area contributed by atoms with Crippen molar-refractivity contribution in [2.24, 2.45) is 0 Å². The van der Waals surface area contributed by atoms with Crippen molar-refractivity contribution in [1.29, 1.82) is 0 Å². The minimum absolute atomic E-state index is 0.558. The Labute approximate surface area is 86.5 Å². The predicted molar refractivity (Wildman–Crippen MR) is 53.5 cm³/mol. The van der Waals surface area contributed by atoms with Gasteiger partial charge in [0, 0.05) is 18.2 Å². The second kappa shape index (κ2) is 14.2. The van der Waals surface area contributed by atoms with Gasteiger partial charge in [-0.25, -0.2) is 14.4 Å². The lowest BCUT2D eigenvalue weighted by Crippen LogP contribution is -1.91. The number of rotatable bonds is 3. The van der Waals surface area contributed by atoms with Gasteiger partial charge in [-0.1, -0.05) is 6.58 Å². The smallest absolute Gasteiger partial charge is 0.328 e. The van der Waals surface area contributed by atoms with Crippen LogP contribution in [0.5, 0.6) is 0 Å². The highest BCUT2D eigenvalue weighted by molar-refractivity contribution is 5.89. The van der Waals surface area contributed by atoms with Gasteiger partial charge < -0.3 is 15.3 Å². The molecule has 0 aliphatic carbocycles. The van der Waals surface area contributed by atoms with Gasteiger partial charge in [-0.3, -0.25) is 0 Å². The van der Waals surface area contributed by atoms with Crippen LogP contribution in [0.2, 0.25) is 0 Å². The van der Waals surface area contributed by atoms with Gasteiger partial charge in [0.05, 0.1) is 0 Å². The van der Waals surface area contributed by atoms with Crippen LogP contribution in [0.3, 0.4) is 0 Å². The Morgan fingerprint density at radius 2 is 1.00 bits per heavy atom. The van der Waals surface area contributed by atoms with E-state index in [1.165, 1.54) is 0 Å². The van der Waals surface area contributed by atoms with Crippen molar-refractivity contribution in [3.8, 4) is 0 Å². The summed E-state index contributed by atoms with van der Waals surface area (Å²) >= 11 is 0. The monoisotopic (exact) mass is 216 g/mol. The van der Waals surface area contributed by atoms with Crippen LogP contribution in [0.15, 0.2) is 38.0 Å². The molecule has 0 heterocycles. The SMILES string of the molecule is C=C.C=CC(=O)O.O=C(O)C=CC(=O)O. The molecule has 0 aromatic rings. The minimum atomic E-state index is -1.26. The van der Waals surface area contributed by atoms with E-state index in [2.05, 4.69) is 19.7 Å². The summed E-state index contributed by atoms with van der Waals surface area (Å²) in [5, 5.41) is 23.2. The zero-order chi connectivity index (χ0) is 12.9. The Kier molecular flexibility index (Phi) is 17.4. The molecule has 0 fully saturated rings. The molecule has 0 rings (SSSR count). The molecule has 0 atom stereocenters. The van der Waals surface area contributed by atoms with E-state index in [1.54, 1.807) is 0 Å². The Hall–Kier alpha value is -2.37. The summed E-state index contributed by atoms with van der Waals surface area (Å²) in [7, 11) is 0. The average Bonchev–Trinajstić information content (AvgIpc) is 2.19. The predicted octanol–water partition coefficient (Wildman–Crippen LogP) is 0.771. The first-order valence-corrected chi connectivity index (χ1v) is 3.39. The molecular formula is C9H12O6. The fraction of sp³-hybridized carbons (Fsp3) is 0. The van der Waals surface area contributed by atoms with Gasteiger partial charge in [0.15, 0.2) is 0 Å². The van der Waals surface area contributed by atoms with Crippen molar-refractivity contribution in [3.63, 3.8) is 0 Å². The molecule has 0 saturated carbocycles. The number of aliphatic carboxylic acids is 3. The van der Waals surface area contributed by atoms with Gasteiger partial charge in [-0.2, -0.15) is 0 Å². The van der Waals surface area contributed by atoms with E-state index in [9.17, 15) is 14.4 Å². The molecule has 3 N–H and O–H groups in total. The molecule has 0 aliphatic heterocycles. The van der Waals surface area contributed by atoms with Crippen LogP contribution in [0.4, 0.5) is 0 Å². The van der Waals surface area contributed by atoms with Crippen LogP contribution in [0.1, 0.15) is 0 Å². The molecule has 0 saturated heterocycles. The van der Waals surface area contributed by atoms with Crippen molar-refractivity contribution in [1.82, 2.24) is 0 Å². The number of hydrogen-bond acceptors (Lipinski definition) is 3. The number of carbonyl (C=O) groups is 3. The van der Waals surface area contributed by atoms with Gasteiger partial charge in [-0.05, 0) is 0 Å². The maximum Gasteiger partial charge on any atom is 0.328 e. The van der Waals surface area contributed by atoms with E-state index in [-0.39, 0.29) is 0 Å². The van der Waals surface area contributed by atoms with Gasteiger partial charge in [-0.15, -0.1) is 13.2 Å². The van der Waals surface area contributed by atoms with E-state index in [4.69, 9.17) is 15.3 Å².